The zero-order valence-electron chi connectivity index (χ0n) is 20.1. The highest BCUT2D eigenvalue weighted by Crippen LogP contribution is 2.33. The van der Waals surface area contributed by atoms with Crippen LogP contribution in [0.4, 0.5) is 4.79 Å². The maximum absolute atomic E-state index is 12.9. The Morgan fingerprint density at radius 1 is 1.16 bits per heavy atom. The van der Waals surface area contributed by atoms with E-state index in [1.165, 1.54) is 13.1 Å². The highest BCUT2D eigenvalue weighted by molar-refractivity contribution is 14.0. The number of nitrogens with zero attached hydrogens (tertiary/aromatic N) is 4. The van der Waals surface area contributed by atoms with Crippen LogP contribution in [0.1, 0.15) is 41.5 Å². The van der Waals surface area contributed by atoms with Crippen molar-refractivity contribution >= 4 is 36.0 Å². The molecule has 0 spiro atoms. The molecule has 0 aromatic carbocycles. The Bertz CT molecular complexity index is 646. The van der Waals surface area contributed by atoms with Crippen LogP contribution in [0.25, 0.3) is 0 Å². The molecule has 10 heteroatoms. The molecule has 4 rings (SSSR count). The summed E-state index contributed by atoms with van der Waals surface area (Å²) in [5, 5.41) is 6.85. The molecule has 1 amide bonds. The molecule has 0 aromatic heterocycles. The lowest BCUT2D eigenvalue weighted by molar-refractivity contribution is -0.0755. The van der Waals surface area contributed by atoms with Crippen molar-refractivity contribution in [1.82, 2.24) is 25.3 Å². The first-order valence-electron chi connectivity index (χ1n) is 11.1. The first kappa shape index (κ1) is 26.4. The summed E-state index contributed by atoms with van der Waals surface area (Å²) in [5.74, 6) is 0.744. The fourth-order valence-corrected chi connectivity index (χ4v) is 4.68. The number of amides is 1. The lowest BCUT2D eigenvalue weighted by Crippen LogP contribution is -2.64. The van der Waals surface area contributed by atoms with Gasteiger partial charge in [0, 0.05) is 58.9 Å². The van der Waals surface area contributed by atoms with Crippen LogP contribution >= 0.6 is 24.0 Å². The number of hydrogen-bond donors (Lipinski definition) is 2. The van der Waals surface area contributed by atoms with Gasteiger partial charge in [0.2, 0.25) is 0 Å². The van der Waals surface area contributed by atoms with Crippen molar-refractivity contribution in [3.8, 4) is 0 Å². The second kappa shape index (κ2) is 10.4. The van der Waals surface area contributed by atoms with Crippen molar-refractivity contribution < 1.29 is 14.3 Å². The van der Waals surface area contributed by atoms with E-state index in [4.69, 9.17) is 9.47 Å². The Labute approximate surface area is 204 Å². The minimum atomic E-state index is -0.728. The number of hydrogen-bond acceptors (Lipinski definition) is 6. The molecule has 2 N–H and O–H groups in total. The molecule has 2 bridgehead atoms. The summed E-state index contributed by atoms with van der Waals surface area (Å²) in [6.45, 7) is 18.6. The van der Waals surface area contributed by atoms with E-state index in [9.17, 15) is 4.79 Å². The van der Waals surface area contributed by atoms with Gasteiger partial charge in [0.05, 0.1) is 12.1 Å². The van der Waals surface area contributed by atoms with Crippen molar-refractivity contribution in [3.63, 3.8) is 0 Å². The van der Waals surface area contributed by atoms with Gasteiger partial charge in [0.1, 0.15) is 11.3 Å². The SMILES string of the molecule is CN=C(NCC1CN2CCN1CC2)NCC1C(C)OC(C)(C)N1C(=O)OC(C)(C)C.I. The van der Waals surface area contributed by atoms with Gasteiger partial charge in [-0.25, -0.2) is 4.79 Å². The van der Waals surface area contributed by atoms with Crippen molar-refractivity contribution in [2.45, 2.75) is 71.1 Å². The number of rotatable bonds is 4. The molecule has 31 heavy (non-hydrogen) atoms. The van der Waals surface area contributed by atoms with Crippen LogP contribution in [0.5, 0.6) is 0 Å². The molecule has 0 radical (unpaired) electrons. The van der Waals surface area contributed by atoms with Gasteiger partial charge in [-0.05, 0) is 41.5 Å². The van der Waals surface area contributed by atoms with Gasteiger partial charge < -0.3 is 20.1 Å². The monoisotopic (exact) mass is 552 g/mol. The number of carbonyl (C=O) groups is 1. The number of halogens is 1. The third kappa shape index (κ3) is 6.58. The minimum absolute atomic E-state index is 0. The molecule has 4 heterocycles. The Kier molecular flexibility index (Phi) is 8.85. The Morgan fingerprint density at radius 2 is 1.77 bits per heavy atom. The summed E-state index contributed by atoms with van der Waals surface area (Å²) < 4.78 is 11.7. The summed E-state index contributed by atoms with van der Waals surface area (Å²) in [5.41, 5.74) is -1.28. The average Bonchev–Trinajstić information content (AvgIpc) is 2.89. The summed E-state index contributed by atoms with van der Waals surface area (Å²) in [6, 6.07) is 0.353. The molecule has 4 aliphatic heterocycles. The molecular weight excluding hydrogens is 511 g/mol. The third-order valence-corrected chi connectivity index (χ3v) is 6.12. The molecule has 0 aromatic rings. The molecule has 4 aliphatic rings. The van der Waals surface area contributed by atoms with Gasteiger partial charge in [0.25, 0.3) is 0 Å². The van der Waals surface area contributed by atoms with Crippen LogP contribution in [-0.2, 0) is 9.47 Å². The van der Waals surface area contributed by atoms with Crippen LogP contribution in [-0.4, -0.2) is 109 Å². The number of guanidine groups is 1. The van der Waals surface area contributed by atoms with Gasteiger partial charge in [-0.2, -0.15) is 0 Å². The highest BCUT2D eigenvalue weighted by atomic mass is 127. The van der Waals surface area contributed by atoms with Gasteiger partial charge in [-0.1, -0.05) is 0 Å². The average molecular weight is 553 g/mol. The van der Waals surface area contributed by atoms with E-state index in [0.717, 1.165) is 32.1 Å². The molecule has 0 aliphatic carbocycles. The highest BCUT2D eigenvalue weighted by Gasteiger charge is 2.49. The van der Waals surface area contributed by atoms with Crippen LogP contribution in [0.15, 0.2) is 4.99 Å². The van der Waals surface area contributed by atoms with Gasteiger partial charge in [-0.15, -0.1) is 24.0 Å². The molecule has 0 saturated carbocycles. The van der Waals surface area contributed by atoms with Gasteiger partial charge >= 0.3 is 6.09 Å². The van der Waals surface area contributed by atoms with Gasteiger partial charge in [-0.3, -0.25) is 19.7 Å². The van der Waals surface area contributed by atoms with Crippen molar-refractivity contribution in [2.75, 3.05) is 52.9 Å². The van der Waals surface area contributed by atoms with E-state index in [0.29, 0.717) is 12.6 Å². The molecule has 4 saturated heterocycles. The molecule has 3 unspecified atom stereocenters. The zero-order chi connectivity index (χ0) is 22.1. The van der Waals surface area contributed by atoms with Gasteiger partial charge in [0.15, 0.2) is 5.96 Å². The number of nitrogens with one attached hydrogen (secondary N) is 2. The summed E-state index contributed by atoms with van der Waals surface area (Å²) >= 11 is 0. The van der Waals surface area contributed by atoms with Crippen LogP contribution < -0.4 is 10.6 Å². The summed E-state index contributed by atoms with van der Waals surface area (Å²) in [7, 11) is 1.77. The lowest BCUT2D eigenvalue weighted by atomic mass is 10.1. The fraction of sp³-hybridized carbons (Fsp3) is 0.905. The van der Waals surface area contributed by atoms with Crippen LogP contribution in [0.2, 0.25) is 0 Å². The summed E-state index contributed by atoms with van der Waals surface area (Å²) in [4.78, 5) is 24.1. The normalized spacial score (nSPS) is 32.4. The quantitative estimate of drug-likeness (QED) is 0.311. The minimum Gasteiger partial charge on any atom is -0.444 e. The Hall–Kier alpha value is -0.850. The standard InChI is InChI=1S/C21H40N6O3.HI/c1-15-17(27(21(5,6)29-15)19(28)30-20(2,3)4)13-24-18(22-7)23-12-16-14-25-8-10-26(16)11-9-25;/h15-17H,8-14H2,1-7H3,(H2,22,23,24);1H. The van der Waals surface area contributed by atoms with E-state index in [1.807, 2.05) is 41.5 Å². The van der Waals surface area contributed by atoms with E-state index in [2.05, 4.69) is 25.4 Å². The smallest absolute Gasteiger partial charge is 0.412 e. The number of carbonyl (C=O) groups excluding carboxylic acids is 1. The second-order valence-electron chi connectivity index (χ2n) is 10.0. The molecule has 3 atom stereocenters. The predicted molar refractivity (Wildman–Crippen MR) is 133 cm³/mol. The fourth-order valence-electron chi connectivity index (χ4n) is 4.68. The first-order chi connectivity index (χ1) is 14.0. The van der Waals surface area contributed by atoms with Crippen molar-refractivity contribution in [3.05, 3.63) is 0 Å². The Morgan fingerprint density at radius 3 is 2.29 bits per heavy atom. The van der Waals surface area contributed by atoms with E-state index in [-0.39, 0.29) is 42.2 Å². The van der Waals surface area contributed by atoms with Crippen molar-refractivity contribution in [2.24, 2.45) is 4.99 Å². The topological polar surface area (TPSA) is 81.7 Å². The molecule has 9 nitrogen and oxygen atoms in total. The predicted octanol–water partition coefficient (Wildman–Crippen LogP) is 1.53. The number of aliphatic imine (C=N–C) groups is 1. The number of fused-ring (bicyclic) bond motifs is 3. The Balaban J connectivity index is 0.00000341. The number of ether oxygens (including phenoxy) is 2. The second-order valence-corrected chi connectivity index (χ2v) is 10.0. The first-order valence-corrected chi connectivity index (χ1v) is 11.1. The van der Waals surface area contributed by atoms with Crippen LogP contribution in [0, 0.1) is 0 Å². The number of piperazine rings is 3. The maximum atomic E-state index is 12.9. The molecular formula is C21H41IN6O3. The van der Waals surface area contributed by atoms with E-state index in [1.54, 1.807) is 11.9 Å². The lowest BCUT2D eigenvalue weighted by Gasteiger charge is -2.47. The zero-order valence-corrected chi connectivity index (χ0v) is 22.4. The third-order valence-electron chi connectivity index (χ3n) is 6.12. The molecule has 4 fully saturated rings. The van der Waals surface area contributed by atoms with Crippen molar-refractivity contribution in [1.29, 1.82) is 0 Å². The van der Waals surface area contributed by atoms with Crippen LogP contribution in [0.3, 0.4) is 0 Å². The largest absolute Gasteiger partial charge is 0.444 e. The maximum Gasteiger partial charge on any atom is 0.412 e. The van der Waals surface area contributed by atoms with E-state index < -0.39 is 11.3 Å². The summed E-state index contributed by atoms with van der Waals surface area (Å²) in [6.07, 6.45) is -0.474. The van der Waals surface area contributed by atoms with E-state index >= 15 is 0 Å². The molecule has 180 valence electrons.